The topological polar surface area (TPSA) is 78.5 Å². The molecule has 1 amide bonds. The van der Waals surface area contributed by atoms with Crippen molar-refractivity contribution in [2.45, 2.75) is 31.7 Å². The number of amides is 1. The van der Waals surface area contributed by atoms with E-state index in [1.807, 2.05) is 39.0 Å². The second-order valence-electron chi connectivity index (χ2n) is 6.51. The molecule has 2 aromatic rings. The van der Waals surface area contributed by atoms with Crippen LogP contribution in [0.4, 0.5) is 11.4 Å². The Morgan fingerprint density at radius 3 is 2.26 bits per heavy atom. The molecule has 0 bridgehead atoms. The van der Waals surface area contributed by atoms with Crippen LogP contribution in [0.1, 0.15) is 19.4 Å². The van der Waals surface area contributed by atoms with Crippen molar-refractivity contribution in [3.05, 3.63) is 52.5 Å². The number of sulfonamides is 1. The summed E-state index contributed by atoms with van der Waals surface area (Å²) in [4.78, 5) is 12.3. The van der Waals surface area contributed by atoms with Crippen LogP contribution in [0.5, 0.6) is 0 Å². The number of carbonyl (C=O) groups excluding carboxylic acids is 1. The van der Waals surface area contributed by atoms with E-state index in [2.05, 4.69) is 26.6 Å². The number of carbonyl (C=O) groups is 1. The molecule has 0 spiro atoms. The van der Waals surface area contributed by atoms with Gasteiger partial charge in [0.05, 0.1) is 11.4 Å². The molecular weight excluding hydrogens is 430 g/mol. The fraction of sp³-hybridized carbons (Fsp3) is 0.316. The highest BCUT2D eigenvalue weighted by Crippen LogP contribution is 2.21. The summed E-state index contributed by atoms with van der Waals surface area (Å²) in [7, 11) is -1.96. The highest BCUT2D eigenvalue weighted by atomic mass is 79.9. The molecule has 0 radical (unpaired) electrons. The monoisotopic (exact) mass is 453 g/mol. The molecule has 0 heterocycles. The number of nitrogens with one attached hydrogen (secondary N) is 2. The summed E-state index contributed by atoms with van der Waals surface area (Å²) in [6.45, 7) is 5.68. The number of anilines is 2. The molecule has 2 rings (SSSR count). The first-order chi connectivity index (χ1) is 12.6. The van der Waals surface area contributed by atoms with Crippen LogP contribution >= 0.6 is 15.9 Å². The third-order valence-corrected chi connectivity index (χ3v) is 7.07. The van der Waals surface area contributed by atoms with Crippen molar-refractivity contribution in [1.82, 2.24) is 4.31 Å². The van der Waals surface area contributed by atoms with Gasteiger partial charge in [0.1, 0.15) is 0 Å². The van der Waals surface area contributed by atoms with E-state index in [9.17, 15) is 13.2 Å². The quantitative estimate of drug-likeness (QED) is 0.667. The van der Waals surface area contributed by atoms with Crippen LogP contribution in [0.25, 0.3) is 0 Å². The summed E-state index contributed by atoms with van der Waals surface area (Å²) in [6, 6.07) is 11.8. The first-order valence-electron chi connectivity index (χ1n) is 8.49. The van der Waals surface area contributed by atoms with Gasteiger partial charge in [-0.15, -0.1) is 0 Å². The smallest absolute Gasteiger partial charge is 0.243 e. The van der Waals surface area contributed by atoms with E-state index >= 15 is 0 Å². The number of halogens is 1. The molecule has 0 aliphatic carbocycles. The summed E-state index contributed by atoms with van der Waals surface area (Å²) >= 11 is 3.43. The van der Waals surface area contributed by atoms with Gasteiger partial charge in [-0.05, 0) is 62.7 Å². The molecule has 0 fully saturated rings. The molecule has 0 unspecified atom stereocenters. The Morgan fingerprint density at radius 1 is 1.11 bits per heavy atom. The Hall–Kier alpha value is -1.90. The minimum absolute atomic E-state index is 0.0729. The zero-order valence-electron chi connectivity index (χ0n) is 15.8. The summed E-state index contributed by atoms with van der Waals surface area (Å²) in [5.74, 6) is -0.193. The number of hydrogen-bond acceptors (Lipinski definition) is 4. The molecular formula is C19H24BrN3O3S. The van der Waals surface area contributed by atoms with Crippen molar-refractivity contribution in [2.24, 2.45) is 0 Å². The zero-order chi connectivity index (χ0) is 20.2. The summed E-state index contributed by atoms with van der Waals surface area (Å²) in [5, 5.41) is 5.80. The summed E-state index contributed by atoms with van der Waals surface area (Å²) < 4.78 is 27.1. The van der Waals surface area contributed by atoms with Crippen LogP contribution in [0.2, 0.25) is 0 Å². The van der Waals surface area contributed by atoms with Crippen LogP contribution in [-0.4, -0.2) is 38.3 Å². The van der Waals surface area contributed by atoms with Crippen LogP contribution in [0.15, 0.2) is 51.8 Å². The normalized spacial score (nSPS) is 11.7. The number of benzene rings is 2. The molecule has 2 N–H and O–H groups in total. The molecule has 27 heavy (non-hydrogen) atoms. The van der Waals surface area contributed by atoms with Gasteiger partial charge in [0.25, 0.3) is 0 Å². The van der Waals surface area contributed by atoms with Crippen molar-refractivity contribution >= 4 is 43.2 Å². The van der Waals surface area contributed by atoms with E-state index < -0.39 is 10.0 Å². The molecule has 0 saturated heterocycles. The zero-order valence-corrected chi connectivity index (χ0v) is 18.2. The molecule has 0 aliphatic rings. The number of hydrogen-bond donors (Lipinski definition) is 2. The van der Waals surface area contributed by atoms with Crippen LogP contribution < -0.4 is 10.6 Å². The Morgan fingerprint density at radius 2 is 1.70 bits per heavy atom. The van der Waals surface area contributed by atoms with E-state index in [1.54, 1.807) is 19.2 Å². The molecule has 146 valence electrons. The second-order valence-corrected chi connectivity index (χ2v) is 9.36. The maximum absolute atomic E-state index is 12.4. The molecule has 0 saturated carbocycles. The van der Waals surface area contributed by atoms with Crippen LogP contribution in [0.3, 0.4) is 0 Å². The van der Waals surface area contributed by atoms with Gasteiger partial charge in [-0.2, -0.15) is 4.31 Å². The predicted molar refractivity (Wildman–Crippen MR) is 113 cm³/mol. The maximum atomic E-state index is 12.4. The lowest BCUT2D eigenvalue weighted by Gasteiger charge is -2.21. The Labute approximate surface area is 169 Å². The lowest BCUT2D eigenvalue weighted by molar-refractivity contribution is -0.114. The first-order valence-corrected chi connectivity index (χ1v) is 10.7. The van der Waals surface area contributed by atoms with Crippen molar-refractivity contribution in [1.29, 1.82) is 0 Å². The average molecular weight is 454 g/mol. The number of nitrogens with zero attached hydrogens (tertiary/aromatic N) is 1. The summed E-state index contributed by atoms with van der Waals surface area (Å²) in [5.41, 5.74) is 2.46. The average Bonchev–Trinajstić information content (AvgIpc) is 2.62. The minimum atomic E-state index is -3.51. The summed E-state index contributed by atoms with van der Waals surface area (Å²) in [6.07, 6.45) is 0. The standard InChI is InChI=1S/C19H24BrN3O3S/c1-13(2)23(4)27(25,26)17-9-7-15(8-10-17)21-12-19(24)22-16-6-5-14(3)18(20)11-16/h5-11,13,21H,12H2,1-4H3,(H,22,24). The van der Waals surface area contributed by atoms with Gasteiger partial charge in [0.2, 0.25) is 15.9 Å². The lowest BCUT2D eigenvalue weighted by Crippen LogP contribution is -2.33. The third kappa shape index (κ3) is 5.54. The van der Waals surface area contributed by atoms with E-state index in [4.69, 9.17) is 0 Å². The van der Waals surface area contributed by atoms with Gasteiger partial charge in [-0.1, -0.05) is 22.0 Å². The number of aryl methyl sites for hydroxylation is 1. The van der Waals surface area contributed by atoms with E-state index in [0.29, 0.717) is 11.4 Å². The van der Waals surface area contributed by atoms with E-state index in [1.165, 1.54) is 16.4 Å². The first kappa shape index (κ1) is 21.4. The van der Waals surface area contributed by atoms with Gasteiger partial charge >= 0.3 is 0 Å². The van der Waals surface area contributed by atoms with Gasteiger partial charge in [-0.25, -0.2) is 8.42 Å². The van der Waals surface area contributed by atoms with Crippen molar-refractivity contribution in [2.75, 3.05) is 24.2 Å². The van der Waals surface area contributed by atoms with Crippen LogP contribution in [0, 0.1) is 6.92 Å². The molecule has 0 aromatic heterocycles. The van der Waals surface area contributed by atoms with Gasteiger partial charge < -0.3 is 10.6 Å². The second kappa shape index (κ2) is 8.86. The SMILES string of the molecule is Cc1ccc(NC(=O)CNc2ccc(S(=O)(=O)N(C)C(C)C)cc2)cc1Br. The maximum Gasteiger partial charge on any atom is 0.243 e. The van der Waals surface area contributed by atoms with Gasteiger partial charge in [-0.3, -0.25) is 4.79 Å². The van der Waals surface area contributed by atoms with Crippen molar-refractivity contribution in [3.8, 4) is 0 Å². The Balaban J connectivity index is 1.96. The molecule has 0 aliphatic heterocycles. The van der Waals surface area contributed by atoms with E-state index in [-0.39, 0.29) is 23.4 Å². The minimum Gasteiger partial charge on any atom is -0.376 e. The lowest BCUT2D eigenvalue weighted by atomic mass is 10.2. The van der Waals surface area contributed by atoms with E-state index in [0.717, 1.165) is 10.0 Å². The molecule has 8 heteroatoms. The highest BCUT2D eigenvalue weighted by molar-refractivity contribution is 9.10. The predicted octanol–water partition coefficient (Wildman–Crippen LogP) is 3.84. The number of rotatable bonds is 7. The largest absolute Gasteiger partial charge is 0.376 e. The molecule has 2 aromatic carbocycles. The molecule has 6 nitrogen and oxygen atoms in total. The van der Waals surface area contributed by atoms with Crippen LogP contribution in [-0.2, 0) is 14.8 Å². The fourth-order valence-electron chi connectivity index (χ4n) is 2.25. The van der Waals surface area contributed by atoms with Gasteiger partial charge in [0.15, 0.2) is 0 Å². The highest BCUT2D eigenvalue weighted by Gasteiger charge is 2.22. The Kier molecular flexibility index (Phi) is 7.02. The third-order valence-electron chi connectivity index (χ3n) is 4.17. The fourth-order valence-corrected chi connectivity index (χ4v) is 3.99. The Bertz CT molecular complexity index is 912. The van der Waals surface area contributed by atoms with Crippen molar-refractivity contribution < 1.29 is 13.2 Å². The molecule has 0 atom stereocenters. The van der Waals surface area contributed by atoms with Gasteiger partial charge in [0, 0.05) is 28.9 Å². The van der Waals surface area contributed by atoms with Crippen molar-refractivity contribution in [3.63, 3.8) is 0 Å².